The molecule has 1 aromatic rings. The molecule has 0 spiro atoms. The average molecular weight is 300 g/mol. The number of nitrogens with zero attached hydrogens (tertiary/aromatic N) is 1. The average Bonchev–Trinajstić information content (AvgIpc) is 2.30. The summed E-state index contributed by atoms with van der Waals surface area (Å²) in [4.78, 5) is 13.4. The first-order chi connectivity index (χ1) is 8.02. The number of nitrogens with one attached hydrogen (secondary N) is 1. The maximum Gasteiger partial charge on any atom is 0.237 e. The van der Waals surface area contributed by atoms with Crippen molar-refractivity contribution in [1.82, 2.24) is 10.3 Å². The molecule has 0 aliphatic heterocycles. The molecule has 1 atom stereocenters. The Kier molecular flexibility index (Phi) is 5.61. The lowest BCUT2D eigenvalue weighted by atomic mass is 10.1. The van der Waals surface area contributed by atoms with Crippen molar-refractivity contribution in [3.05, 3.63) is 34.3 Å². The van der Waals surface area contributed by atoms with E-state index in [2.05, 4.69) is 38.4 Å². The highest BCUT2D eigenvalue weighted by Gasteiger charge is 2.13. The van der Waals surface area contributed by atoms with Gasteiger partial charge in [0.2, 0.25) is 5.91 Å². The summed E-state index contributed by atoms with van der Waals surface area (Å²) in [6.45, 7) is 3.36. The van der Waals surface area contributed by atoms with E-state index in [-0.39, 0.29) is 11.8 Å². The van der Waals surface area contributed by atoms with Gasteiger partial charge in [-0.3, -0.25) is 10.2 Å². The standard InChI is InChI=1S/C12H18BrN3O/c1-9(12(17)15-14)7-16(2)8-10-3-5-11(13)6-4-10/h3-6,9H,7-8,14H2,1-2H3,(H,15,17). The molecule has 1 rings (SSSR count). The molecular formula is C12H18BrN3O. The second-order valence-electron chi connectivity index (χ2n) is 4.23. The molecule has 0 radical (unpaired) electrons. The van der Waals surface area contributed by atoms with Gasteiger partial charge in [-0.25, -0.2) is 5.84 Å². The zero-order chi connectivity index (χ0) is 12.8. The predicted octanol–water partition coefficient (Wildman–Crippen LogP) is 1.51. The van der Waals surface area contributed by atoms with Crippen molar-refractivity contribution in [1.29, 1.82) is 0 Å². The lowest BCUT2D eigenvalue weighted by molar-refractivity contribution is -0.125. The van der Waals surface area contributed by atoms with Crippen molar-refractivity contribution >= 4 is 21.8 Å². The summed E-state index contributed by atoms with van der Waals surface area (Å²) >= 11 is 3.40. The first-order valence-corrected chi connectivity index (χ1v) is 6.25. The molecule has 1 unspecified atom stereocenters. The van der Waals surface area contributed by atoms with E-state index in [1.165, 1.54) is 5.56 Å². The maximum atomic E-state index is 11.3. The topological polar surface area (TPSA) is 58.4 Å². The van der Waals surface area contributed by atoms with E-state index in [1.807, 2.05) is 26.1 Å². The fourth-order valence-electron chi connectivity index (χ4n) is 1.66. The predicted molar refractivity (Wildman–Crippen MR) is 72.0 cm³/mol. The van der Waals surface area contributed by atoms with E-state index in [9.17, 15) is 4.79 Å². The number of carbonyl (C=O) groups is 1. The lowest BCUT2D eigenvalue weighted by Crippen LogP contribution is -2.39. The van der Waals surface area contributed by atoms with Crippen molar-refractivity contribution in [2.24, 2.45) is 11.8 Å². The van der Waals surface area contributed by atoms with Gasteiger partial charge in [0.15, 0.2) is 0 Å². The highest BCUT2D eigenvalue weighted by Crippen LogP contribution is 2.12. The van der Waals surface area contributed by atoms with E-state index in [0.717, 1.165) is 11.0 Å². The monoisotopic (exact) mass is 299 g/mol. The summed E-state index contributed by atoms with van der Waals surface area (Å²) in [5.41, 5.74) is 3.39. The van der Waals surface area contributed by atoms with Crippen LogP contribution in [0.3, 0.4) is 0 Å². The van der Waals surface area contributed by atoms with Gasteiger partial charge in [-0.2, -0.15) is 0 Å². The van der Waals surface area contributed by atoms with Crippen LogP contribution in [0.15, 0.2) is 28.7 Å². The third-order valence-electron chi connectivity index (χ3n) is 2.54. The molecule has 0 aliphatic rings. The number of hydrogen-bond acceptors (Lipinski definition) is 3. The van der Waals surface area contributed by atoms with Crippen LogP contribution in [0, 0.1) is 5.92 Å². The maximum absolute atomic E-state index is 11.3. The van der Waals surface area contributed by atoms with Gasteiger partial charge in [0.05, 0.1) is 0 Å². The van der Waals surface area contributed by atoms with Gasteiger partial charge in [-0.1, -0.05) is 35.0 Å². The Morgan fingerprint density at radius 2 is 2.06 bits per heavy atom. The normalized spacial score (nSPS) is 12.5. The van der Waals surface area contributed by atoms with Crippen LogP contribution < -0.4 is 11.3 Å². The third kappa shape index (κ3) is 4.85. The molecule has 5 heteroatoms. The van der Waals surface area contributed by atoms with Gasteiger partial charge in [0, 0.05) is 23.5 Å². The molecule has 1 amide bonds. The summed E-state index contributed by atoms with van der Waals surface area (Å²) in [7, 11) is 1.99. The molecule has 0 heterocycles. The van der Waals surface area contributed by atoms with E-state index >= 15 is 0 Å². The Morgan fingerprint density at radius 1 is 1.47 bits per heavy atom. The zero-order valence-electron chi connectivity index (χ0n) is 10.1. The summed E-state index contributed by atoms with van der Waals surface area (Å²) in [6, 6.07) is 8.15. The van der Waals surface area contributed by atoms with Crippen molar-refractivity contribution in [3.63, 3.8) is 0 Å². The van der Waals surface area contributed by atoms with Crippen molar-refractivity contribution in [2.75, 3.05) is 13.6 Å². The molecule has 0 bridgehead atoms. The minimum atomic E-state index is -0.132. The Balaban J connectivity index is 2.46. The molecule has 0 fully saturated rings. The van der Waals surface area contributed by atoms with Gasteiger partial charge in [0.25, 0.3) is 0 Å². The first-order valence-electron chi connectivity index (χ1n) is 5.46. The number of hydrogen-bond donors (Lipinski definition) is 2. The Hall–Kier alpha value is -0.910. The molecule has 4 nitrogen and oxygen atoms in total. The van der Waals surface area contributed by atoms with Gasteiger partial charge >= 0.3 is 0 Å². The molecule has 17 heavy (non-hydrogen) atoms. The van der Waals surface area contributed by atoms with Crippen LogP contribution in [-0.4, -0.2) is 24.4 Å². The van der Waals surface area contributed by atoms with Gasteiger partial charge in [-0.15, -0.1) is 0 Å². The lowest BCUT2D eigenvalue weighted by Gasteiger charge is -2.20. The Bertz CT molecular complexity index is 367. The second kappa shape index (κ2) is 6.74. The van der Waals surface area contributed by atoms with Crippen LogP contribution in [0.25, 0.3) is 0 Å². The first kappa shape index (κ1) is 14.2. The quantitative estimate of drug-likeness (QED) is 0.492. The number of nitrogens with two attached hydrogens (primary N) is 1. The fourth-order valence-corrected chi connectivity index (χ4v) is 1.92. The highest BCUT2D eigenvalue weighted by atomic mass is 79.9. The Labute approximate surface area is 110 Å². The molecular weight excluding hydrogens is 282 g/mol. The number of rotatable bonds is 5. The molecule has 1 aromatic carbocycles. The number of halogens is 1. The van der Waals surface area contributed by atoms with Crippen LogP contribution in [0.1, 0.15) is 12.5 Å². The molecule has 3 N–H and O–H groups in total. The summed E-state index contributed by atoms with van der Waals surface area (Å²) in [5.74, 6) is 4.85. The van der Waals surface area contributed by atoms with Crippen molar-refractivity contribution in [2.45, 2.75) is 13.5 Å². The van der Waals surface area contributed by atoms with Gasteiger partial charge in [0.1, 0.15) is 0 Å². The van der Waals surface area contributed by atoms with Crippen LogP contribution in [0.5, 0.6) is 0 Å². The minimum absolute atomic E-state index is 0.111. The van der Waals surface area contributed by atoms with Crippen molar-refractivity contribution < 1.29 is 4.79 Å². The van der Waals surface area contributed by atoms with E-state index in [1.54, 1.807) is 0 Å². The summed E-state index contributed by atoms with van der Waals surface area (Å²) < 4.78 is 1.07. The largest absolute Gasteiger partial charge is 0.301 e. The van der Waals surface area contributed by atoms with Crippen LogP contribution in [0.4, 0.5) is 0 Å². The molecule has 0 aromatic heterocycles. The van der Waals surface area contributed by atoms with E-state index in [0.29, 0.717) is 6.54 Å². The Morgan fingerprint density at radius 3 is 2.59 bits per heavy atom. The summed E-state index contributed by atoms with van der Waals surface area (Å²) in [6.07, 6.45) is 0. The molecule has 0 saturated carbocycles. The SMILES string of the molecule is CC(CN(C)Cc1ccc(Br)cc1)C(=O)NN. The third-order valence-corrected chi connectivity index (χ3v) is 3.07. The number of hydrazine groups is 1. The molecule has 94 valence electrons. The van der Waals surface area contributed by atoms with E-state index in [4.69, 9.17) is 5.84 Å². The zero-order valence-corrected chi connectivity index (χ0v) is 11.7. The van der Waals surface area contributed by atoms with E-state index < -0.39 is 0 Å². The summed E-state index contributed by atoms with van der Waals surface area (Å²) in [5, 5.41) is 0. The van der Waals surface area contributed by atoms with Crippen LogP contribution in [-0.2, 0) is 11.3 Å². The minimum Gasteiger partial charge on any atom is -0.301 e. The van der Waals surface area contributed by atoms with Gasteiger partial charge in [-0.05, 0) is 24.7 Å². The number of benzene rings is 1. The van der Waals surface area contributed by atoms with Crippen LogP contribution >= 0.6 is 15.9 Å². The number of carbonyl (C=O) groups excluding carboxylic acids is 1. The van der Waals surface area contributed by atoms with Crippen molar-refractivity contribution in [3.8, 4) is 0 Å². The fraction of sp³-hybridized carbons (Fsp3) is 0.417. The van der Waals surface area contributed by atoms with Crippen LogP contribution in [0.2, 0.25) is 0 Å². The second-order valence-corrected chi connectivity index (χ2v) is 5.15. The van der Waals surface area contributed by atoms with Gasteiger partial charge < -0.3 is 4.90 Å². The smallest absolute Gasteiger partial charge is 0.237 e. The molecule has 0 aliphatic carbocycles. The highest BCUT2D eigenvalue weighted by molar-refractivity contribution is 9.10. The molecule has 0 saturated heterocycles. The number of amides is 1.